The summed E-state index contributed by atoms with van der Waals surface area (Å²) in [6.07, 6.45) is 2.34. The first-order chi connectivity index (χ1) is 9.96. The Labute approximate surface area is 124 Å². The normalized spacial score (nSPS) is 17.7. The van der Waals surface area contributed by atoms with E-state index in [0.29, 0.717) is 32.5 Å². The molecule has 2 rings (SSSR count). The fraction of sp³-hybridized carbons (Fsp3) is 0.500. The van der Waals surface area contributed by atoms with E-state index in [1.54, 1.807) is 0 Å². The maximum atomic E-state index is 12.0. The molecule has 1 aromatic rings. The predicted molar refractivity (Wildman–Crippen MR) is 79.6 cm³/mol. The molecule has 1 aliphatic heterocycles. The minimum absolute atomic E-state index is 0.0520. The molecule has 1 aromatic carbocycles. The first-order valence-electron chi connectivity index (χ1n) is 6.89. The molecule has 0 fully saturated rings. The summed E-state index contributed by atoms with van der Waals surface area (Å²) in [5, 5.41) is 2.82. The molecule has 0 radical (unpaired) electrons. The molecule has 0 unspecified atom stereocenters. The maximum Gasteiger partial charge on any atom is 0.226 e. The van der Waals surface area contributed by atoms with Crippen LogP contribution < -0.4 is 14.8 Å². The van der Waals surface area contributed by atoms with Gasteiger partial charge in [0, 0.05) is 13.1 Å². The van der Waals surface area contributed by atoms with Crippen LogP contribution in [0, 0.1) is 5.92 Å². The van der Waals surface area contributed by atoms with Gasteiger partial charge in [-0.3, -0.25) is 4.79 Å². The highest BCUT2D eigenvalue weighted by atomic mass is 32.2. The summed E-state index contributed by atoms with van der Waals surface area (Å²) in [6, 6.07) is 7.71. The number of hydrogen-bond donors (Lipinski definition) is 2. The second-order valence-corrected chi connectivity index (χ2v) is 6.96. The van der Waals surface area contributed by atoms with Gasteiger partial charge in [-0.15, -0.1) is 0 Å². The third-order valence-electron chi connectivity index (χ3n) is 3.27. The molecule has 6 nitrogen and oxygen atoms in total. The van der Waals surface area contributed by atoms with Gasteiger partial charge in [0.05, 0.1) is 12.2 Å². The van der Waals surface area contributed by atoms with Crippen molar-refractivity contribution < 1.29 is 17.9 Å². The average Bonchev–Trinajstić information content (AvgIpc) is 2.45. The van der Waals surface area contributed by atoms with Crippen LogP contribution in [0.5, 0.6) is 5.75 Å². The van der Waals surface area contributed by atoms with E-state index in [0.717, 1.165) is 17.6 Å². The number of para-hydroxylation sites is 1. The van der Waals surface area contributed by atoms with Crippen LogP contribution in [0.4, 0.5) is 0 Å². The van der Waals surface area contributed by atoms with Crippen molar-refractivity contribution in [2.75, 3.05) is 26.0 Å². The summed E-state index contributed by atoms with van der Waals surface area (Å²) >= 11 is 0. The van der Waals surface area contributed by atoms with Crippen LogP contribution in [0.2, 0.25) is 0 Å². The van der Waals surface area contributed by atoms with Crippen LogP contribution in [0.3, 0.4) is 0 Å². The number of amides is 1. The Hall–Kier alpha value is -1.60. The molecular formula is C14H20N2O4S. The summed E-state index contributed by atoms with van der Waals surface area (Å²) in [4.78, 5) is 12.0. The van der Waals surface area contributed by atoms with Gasteiger partial charge < -0.3 is 10.1 Å². The topological polar surface area (TPSA) is 84.5 Å². The molecule has 21 heavy (non-hydrogen) atoms. The van der Waals surface area contributed by atoms with Crippen LogP contribution in [0.25, 0.3) is 0 Å². The fourth-order valence-electron chi connectivity index (χ4n) is 2.20. The second kappa shape index (κ2) is 6.91. The molecule has 116 valence electrons. The standard InChI is InChI=1S/C14H20N2O4S/c1-21(18,19)16-8-4-7-15-14(17)12-9-11-5-2-3-6-13(11)20-10-12/h2-3,5-6,12,16H,4,7-10H2,1H3,(H,15,17)/t12-/m1/s1. The van der Waals surface area contributed by atoms with E-state index in [9.17, 15) is 13.2 Å². The Morgan fingerprint density at radius 1 is 1.33 bits per heavy atom. The highest BCUT2D eigenvalue weighted by Gasteiger charge is 2.25. The van der Waals surface area contributed by atoms with Crippen molar-refractivity contribution in [3.63, 3.8) is 0 Å². The summed E-state index contributed by atoms with van der Waals surface area (Å²) in [7, 11) is -3.16. The number of carbonyl (C=O) groups excluding carboxylic acids is 1. The summed E-state index contributed by atoms with van der Waals surface area (Å²) in [5.41, 5.74) is 1.04. The van der Waals surface area contributed by atoms with Crippen molar-refractivity contribution in [2.24, 2.45) is 5.92 Å². The molecule has 2 N–H and O–H groups in total. The Morgan fingerprint density at radius 2 is 2.10 bits per heavy atom. The zero-order chi connectivity index (χ0) is 15.3. The van der Waals surface area contributed by atoms with Gasteiger partial charge in [0.15, 0.2) is 0 Å². The Bertz CT molecular complexity index is 601. The second-order valence-electron chi connectivity index (χ2n) is 5.13. The Morgan fingerprint density at radius 3 is 2.86 bits per heavy atom. The lowest BCUT2D eigenvalue weighted by molar-refractivity contribution is -0.126. The van der Waals surface area contributed by atoms with Crippen molar-refractivity contribution in [3.8, 4) is 5.75 Å². The average molecular weight is 312 g/mol. The van der Waals surface area contributed by atoms with Gasteiger partial charge in [0.25, 0.3) is 0 Å². The molecule has 1 atom stereocenters. The SMILES string of the molecule is CS(=O)(=O)NCCCNC(=O)[C@H]1COc2ccccc2C1. The number of nitrogens with one attached hydrogen (secondary N) is 2. The van der Waals surface area contributed by atoms with Crippen LogP contribution in [0.1, 0.15) is 12.0 Å². The maximum absolute atomic E-state index is 12.0. The van der Waals surface area contributed by atoms with Crippen molar-refractivity contribution in [1.82, 2.24) is 10.0 Å². The van der Waals surface area contributed by atoms with E-state index >= 15 is 0 Å². The van der Waals surface area contributed by atoms with Gasteiger partial charge in [-0.1, -0.05) is 18.2 Å². The molecule has 0 aliphatic carbocycles. The lowest BCUT2D eigenvalue weighted by atomic mass is 9.96. The van der Waals surface area contributed by atoms with Crippen molar-refractivity contribution in [1.29, 1.82) is 0 Å². The molecular weight excluding hydrogens is 292 g/mol. The number of rotatable bonds is 6. The monoisotopic (exact) mass is 312 g/mol. The minimum atomic E-state index is -3.16. The van der Waals surface area contributed by atoms with Crippen molar-refractivity contribution in [2.45, 2.75) is 12.8 Å². The number of fused-ring (bicyclic) bond motifs is 1. The van der Waals surface area contributed by atoms with Gasteiger partial charge in [0.1, 0.15) is 12.4 Å². The van der Waals surface area contributed by atoms with Crippen LogP contribution >= 0.6 is 0 Å². The molecule has 0 aromatic heterocycles. The number of hydrogen-bond acceptors (Lipinski definition) is 4. The molecule has 1 amide bonds. The highest BCUT2D eigenvalue weighted by molar-refractivity contribution is 7.88. The fourth-order valence-corrected chi connectivity index (χ4v) is 2.71. The van der Waals surface area contributed by atoms with E-state index in [1.165, 1.54) is 0 Å². The minimum Gasteiger partial charge on any atom is -0.492 e. The number of ether oxygens (including phenoxy) is 1. The van der Waals surface area contributed by atoms with Gasteiger partial charge in [0.2, 0.25) is 15.9 Å². The van der Waals surface area contributed by atoms with Crippen molar-refractivity contribution >= 4 is 15.9 Å². The summed E-state index contributed by atoms with van der Waals surface area (Å²) in [6.45, 7) is 1.15. The first-order valence-corrected chi connectivity index (χ1v) is 8.78. The molecule has 0 saturated carbocycles. The molecule has 0 bridgehead atoms. The Kier molecular flexibility index (Phi) is 5.19. The van der Waals surface area contributed by atoms with E-state index in [-0.39, 0.29) is 11.8 Å². The van der Waals surface area contributed by atoms with Crippen LogP contribution in [-0.4, -0.2) is 40.3 Å². The molecule has 1 heterocycles. The first kappa shape index (κ1) is 15.8. The number of carbonyl (C=O) groups is 1. The summed E-state index contributed by atoms with van der Waals surface area (Å²) in [5.74, 6) is 0.602. The smallest absolute Gasteiger partial charge is 0.226 e. The number of benzene rings is 1. The Balaban J connectivity index is 1.73. The van der Waals surface area contributed by atoms with Crippen LogP contribution in [0.15, 0.2) is 24.3 Å². The molecule has 0 saturated heterocycles. The lowest BCUT2D eigenvalue weighted by Crippen LogP contribution is -2.38. The third kappa shape index (κ3) is 5.02. The van der Waals surface area contributed by atoms with Gasteiger partial charge in [-0.2, -0.15) is 0 Å². The molecule has 7 heteroatoms. The largest absolute Gasteiger partial charge is 0.492 e. The zero-order valence-electron chi connectivity index (χ0n) is 12.0. The van der Waals surface area contributed by atoms with E-state index in [2.05, 4.69) is 10.0 Å². The quantitative estimate of drug-likeness (QED) is 0.740. The van der Waals surface area contributed by atoms with E-state index < -0.39 is 10.0 Å². The number of sulfonamides is 1. The van der Waals surface area contributed by atoms with Gasteiger partial charge in [-0.25, -0.2) is 13.1 Å². The predicted octanol–water partition coefficient (Wildman–Crippen LogP) is 0.293. The van der Waals surface area contributed by atoms with Crippen LogP contribution in [-0.2, 0) is 21.2 Å². The molecule has 1 aliphatic rings. The highest BCUT2D eigenvalue weighted by Crippen LogP contribution is 2.26. The van der Waals surface area contributed by atoms with Crippen molar-refractivity contribution in [3.05, 3.63) is 29.8 Å². The van der Waals surface area contributed by atoms with E-state index in [1.807, 2.05) is 24.3 Å². The summed E-state index contributed by atoms with van der Waals surface area (Å²) < 4.78 is 29.7. The zero-order valence-corrected chi connectivity index (χ0v) is 12.8. The third-order valence-corrected chi connectivity index (χ3v) is 4.00. The van der Waals surface area contributed by atoms with Gasteiger partial charge in [-0.05, 0) is 24.5 Å². The lowest BCUT2D eigenvalue weighted by Gasteiger charge is -2.24. The molecule has 0 spiro atoms. The van der Waals surface area contributed by atoms with Gasteiger partial charge >= 0.3 is 0 Å². The van der Waals surface area contributed by atoms with E-state index in [4.69, 9.17) is 4.74 Å².